The van der Waals surface area contributed by atoms with Crippen molar-refractivity contribution in [2.75, 3.05) is 13.7 Å². The van der Waals surface area contributed by atoms with Crippen molar-refractivity contribution < 1.29 is 46.6 Å². The molecule has 6 rings (SSSR count). The highest BCUT2D eigenvalue weighted by Crippen LogP contribution is 2.49. The number of hydrogen-bond acceptors (Lipinski definition) is 9. The maximum atomic E-state index is 14.8. The zero-order valence-corrected chi connectivity index (χ0v) is 30.5. The fourth-order valence-corrected chi connectivity index (χ4v) is 9.44. The number of fused-ring (bicyclic) bond motifs is 3. The number of rotatable bonds is 8. The number of ether oxygens (including phenoxy) is 2. The van der Waals surface area contributed by atoms with Crippen molar-refractivity contribution in [1.82, 2.24) is 25.2 Å². The number of carbonyl (C=O) groups is 4. The molecule has 2 saturated carbocycles. The van der Waals surface area contributed by atoms with Crippen LogP contribution in [-0.4, -0.2) is 89.4 Å². The lowest BCUT2D eigenvalue weighted by Crippen LogP contribution is -2.59. The molecule has 3 fully saturated rings. The third-order valence-electron chi connectivity index (χ3n) is 11.2. The van der Waals surface area contributed by atoms with Gasteiger partial charge < -0.3 is 30.1 Å². The van der Waals surface area contributed by atoms with E-state index in [1.165, 1.54) is 30.3 Å². The Kier molecular flexibility index (Phi) is 10.2. The standard InChI is InChI=1S/C36H46FN5O9S/c1-5-35(11-12-35)52(48,49)41-33(45)36-18-23(36)9-7-6-8-20(2)14-21(3)29(39-34(46)47)32(44)42-19-24(16-27(42)30(43)40-36)51-31-25-17-26(37)28(50-4)15-22(25)10-13-38-31/h7,9-10,13,15,17,20-21,23-24,27,29,39H,5-6,8,11-12,14,16,18-19H2,1-4H3,(H,40,43)(H,41,45)(H,46,47). The Morgan fingerprint density at radius 3 is 2.62 bits per heavy atom. The van der Waals surface area contributed by atoms with E-state index in [4.69, 9.17) is 9.47 Å². The van der Waals surface area contributed by atoms with Crippen molar-refractivity contribution in [2.24, 2.45) is 17.8 Å². The van der Waals surface area contributed by atoms with E-state index in [0.29, 0.717) is 49.3 Å². The van der Waals surface area contributed by atoms with E-state index in [1.54, 1.807) is 19.9 Å². The van der Waals surface area contributed by atoms with Gasteiger partial charge in [0.15, 0.2) is 11.6 Å². The molecule has 14 nitrogen and oxygen atoms in total. The number of hydrogen-bond donors (Lipinski definition) is 4. The largest absolute Gasteiger partial charge is 0.494 e. The summed E-state index contributed by atoms with van der Waals surface area (Å²) in [4.78, 5) is 60.0. The Labute approximate surface area is 301 Å². The Morgan fingerprint density at radius 1 is 1.19 bits per heavy atom. The fourth-order valence-electron chi connectivity index (χ4n) is 7.78. The number of amides is 4. The number of carboxylic acid groups (broad SMARTS) is 1. The molecule has 282 valence electrons. The lowest BCUT2D eigenvalue weighted by molar-refractivity contribution is -0.142. The highest BCUT2D eigenvalue weighted by atomic mass is 32.2. The summed E-state index contributed by atoms with van der Waals surface area (Å²) in [6, 6.07) is 1.94. The quantitative estimate of drug-likeness (QED) is 0.290. The van der Waals surface area contributed by atoms with Gasteiger partial charge in [-0.3, -0.25) is 19.1 Å². The molecule has 0 radical (unpaired) electrons. The zero-order valence-electron chi connectivity index (χ0n) is 29.7. The number of allylic oxidation sites excluding steroid dienone is 1. The van der Waals surface area contributed by atoms with Crippen molar-refractivity contribution in [3.63, 3.8) is 0 Å². The second-order valence-corrected chi connectivity index (χ2v) is 16.9. The molecule has 2 aromatic rings. The molecule has 4 aliphatic rings. The molecule has 1 aromatic heterocycles. The van der Waals surface area contributed by atoms with Crippen molar-refractivity contribution >= 4 is 44.6 Å². The smallest absolute Gasteiger partial charge is 0.405 e. The van der Waals surface area contributed by atoms with Gasteiger partial charge in [-0.25, -0.2) is 22.6 Å². The van der Waals surface area contributed by atoms with E-state index in [1.807, 2.05) is 19.1 Å². The van der Waals surface area contributed by atoms with Crippen LogP contribution in [0.25, 0.3) is 10.8 Å². The molecule has 2 aliphatic carbocycles. The molecule has 0 spiro atoms. The molecular formula is C36H46FN5O9S. The van der Waals surface area contributed by atoms with Gasteiger partial charge in [-0.2, -0.15) is 0 Å². The summed E-state index contributed by atoms with van der Waals surface area (Å²) in [5, 5.41) is 15.8. The Hall–Kier alpha value is -4.47. The first-order valence-corrected chi connectivity index (χ1v) is 19.3. The zero-order chi connectivity index (χ0) is 37.6. The van der Waals surface area contributed by atoms with Gasteiger partial charge in [-0.05, 0) is 80.4 Å². The Balaban J connectivity index is 1.34. The van der Waals surface area contributed by atoms with Crippen LogP contribution in [0, 0.1) is 23.6 Å². The number of sulfonamides is 1. The molecule has 4 N–H and O–H groups in total. The lowest BCUT2D eigenvalue weighted by Gasteiger charge is -2.32. The number of carbonyl (C=O) groups excluding carboxylic acids is 3. The van der Waals surface area contributed by atoms with Crippen molar-refractivity contribution in [1.29, 1.82) is 0 Å². The van der Waals surface area contributed by atoms with E-state index >= 15 is 0 Å². The third kappa shape index (κ3) is 7.13. The van der Waals surface area contributed by atoms with Gasteiger partial charge in [0.05, 0.1) is 18.4 Å². The fraction of sp³-hybridized carbons (Fsp3) is 0.583. The molecule has 16 heteroatoms. The van der Waals surface area contributed by atoms with Crippen LogP contribution in [0.2, 0.25) is 0 Å². The van der Waals surface area contributed by atoms with E-state index < -0.39 is 80.0 Å². The van der Waals surface area contributed by atoms with Crippen LogP contribution in [0.3, 0.4) is 0 Å². The minimum Gasteiger partial charge on any atom is -0.494 e. The topological polar surface area (TPSA) is 193 Å². The molecule has 0 bridgehead atoms. The molecule has 2 aliphatic heterocycles. The van der Waals surface area contributed by atoms with Gasteiger partial charge in [0.1, 0.15) is 23.7 Å². The first kappa shape index (κ1) is 37.3. The van der Waals surface area contributed by atoms with Gasteiger partial charge in [0.25, 0.3) is 5.91 Å². The molecule has 1 aromatic carbocycles. The summed E-state index contributed by atoms with van der Waals surface area (Å²) in [6.45, 7) is 5.39. The molecular weight excluding hydrogens is 697 g/mol. The average molecular weight is 744 g/mol. The number of halogens is 1. The number of pyridine rings is 1. The van der Waals surface area contributed by atoms with E-state index in [0.717, 1.165) is 0 Å². The molecule has 1 saturated heterocycles. The maximum Gasteiger partial charge on any atom is 0.405 e. The highest BCUT2D eigenvalue weighted by molar-refractivity contribution is 7.91. The van der Waals surface area contributed by atoms with Crippen LogP contribution in [0.4, 0.5) is 9.18 Å². The van der Waals surface area contributed by atoms with Gasteiger partial charge in [0, 0.05) is 23.9 Å². The molecule has 7 unspecified atom stereocenters. The summed E-state index contributed by atoms with van der Waals surface area (Å²) >= 11 is 0. The SMILES string of the molecule is CCC1(S(=O)(=O)NC(=O)C23CC2C=CCCC(C)CC(C)C(NC(=O)O)C(=O)N2CC(Oc4nccc5cc(OC)c(F)cc45)CC2C(=O)N3)CC1. The summed E-state index contributed by atoms with van der Waals surface area (Å²) < 4.78 is 54.0. The van der Waals surface area contributed by atoms with Crippen LogP contribution >= 0.6 is 0 Å². The minimum atomic E-state index is -4.03. The van der Waals surface area contributed by atoms with Crippen LogP contribution in [0.1, 0.15) is 72.1 Å². The van der Waals surface area contributed by atoms with Crippen LogP contribution in [-0.2, 0) is 24.4 Å². The summed E-state index contributed by atoms with van der Waals surface area (Å²) in [5.41, 5.74) is -1.58. The van der Waals surface area contributed by atoms with Gasteiger partial charge in [-0.1, -0.05) is 32.9 Å². The molecule has 4 amide bonds. The Morgan fingerprint density at radius 2 is 1.94 bits per heavy atom. The van der Waals surface area contributed by atoms with E-state index in [2.05, 4.69) is 20.3 Å². The number of methoxy groups -OCH3 is 1. The minimum absolute atomic E-state index is 0.0279. The van der Waals surface area contributed by atoms with Crippen LogP contribution in [0.5, 0.6) is 11.6 Å². The number of aromatic nitrogens is 1. The van der Waals surface area contributed by atoms with Gasteiger partial charge >= 0.3 is 6.09 Å². The molecule has 7 atom stereocenters. The average Bonchev–Trinajstić information content (AvgIpc) is 4.00. The third-order valence-corrected chi connectivity index (χ3v) is 13.5. The van der Waals surface area contributed by atoms with Gasteiger partial charge in [0.2, 0.25) is 27.7 Å². The van der Waals surface area contributed by atoms with Crippen LogP contribution in [0.15, 0.2) is 36.5 Å². The summed E-state index contributed by atoms with van der Waals surface area (Å²) in [5.74, 6) is -3.60. The maximum absolute atomic E-state index is 14.8. The van der Waals surface area contributed by atoms with E-state index in [-0.39, 0.29) is 36.9 Å². The first-order valence-electron chi connectivity index (χ1n) is 17.8. The van der Waals surface area contributed by atoms with Crippen molar-refractivity contribution in [3.8, 4) is 11.6 Å². The summed E-state index contributed by atoms with van der Waals surface area (Å²) in [7, 11) is -2.69. The Bertz CT molecular complexity index is 1900. The first-order chi connectivity index (χ1) is 24.6. The summed E-state index contributed by atoms with van der Waals surface area (Å²) in [6.07, 6.45) is 6.10. The second kappa shape index (κ2) is 14.2. The molecule has 3 heterocycles. The van der Waals surface area contributed by atoms with Crippen LogP contribution < -0.4 is 24.8 Å². The monoisotopic (exact) mass is 743 g/mol. The molecule has 52 heavy (non-hydrogen) atoms. The highest BCUT2D eigenvalue weighted by Gasteiger charge is 2.63. The van der Waals surface area contributed by atoms with Gasteiger partial charge in [-0.15, -0.1) is 0 Å². The predicted octanol–water partition coefficient (Wildman–Crippen LogP) is 3.64. The normalized spacial score (nSPS) is 30.2. The number of nitrogens with zero attached hydrogens (tertiary/aromatic N) is 2. The van der Waals surface area contributed by atoms with E-state index in [9.17, 15) is 37.1 Å². The lowest BCUT2D eigenvalue weighted by atomic mass is 9.88. The second-order valence-electron chi connectivity index (χ2n) is 14.8. The van der Waals surface area contributed by atoms with Crippen molar-refractivity contribution in [3.05, 3.63) is 42.4 Å². The van der Waals surface area contributed by atoms with Crippen molar-refractivity contribution in [2.45, 2.75) is 101 Å². The predicted molar refractivity (Wildman–Crippen MR) is 187 cm³/mol. The number of benzene rings is 1. The number of nitrogens with one attached hydrogen (secondary N) is 3.